The summed E-state index contributed by atoms with van der Waals surface area (Å²) in [5.74, 6) is 1.42. The third kappa shape index (κ3) is 2.04. The highest BCUT2D eigenvalue weighted by atomic mass is 35.5. The summed E-state index contributed by atoms with van der Waals surface area (Å²) in [6.07, 6.45) is 0. The molecule has 0 aromatic heterocycles. The van der Waals surface area contributed by atoms with E-state index in [9.17, 15) is 5.11 Å². The molecule has 6 heteroatoms. The number of nitrogens with zero attached hydrogens (tertiary/aromatic N) is 1. The molecule has 1 saturated heterocycles. The second-order valence-corrected chi connectivity index (χ2v) is 4.82. The smallest absolute Gasteiger partial charge is 0.184 e. The van der Waals surface area contributed by atoms with Crippen molar-refractivity contribution < 1.29 is 14.6 Å². The van der Waals surface area contributed by atoms with E-state index in [1.54, 1.807) is 12.1 Å². The molecule has 2 aliphatic heterocycles. The van der Waals surface area contributed by atoms with Crippen LogP contribution in [0.5, 0.6) is 17.2 Å². The van der Waals surface area contributed by atoms with Crippen LogP contribution in [0.4, 0.5) is 5.69 Å². The molecule has 1 aromatic carbocycles. The third-order valence-electron chi connectivity index (χ3n) is 3.10. The van der Waals surface area contributed by atoms with Gasteiger partial charge < -0.3 is 24.8 Å². The van der Waals surface area contributed by atoms with Gasteiger partial charge in [-0.15, -0.1) is 0 Å². The van der Waals surface area contributed by atoms with E-state index >= 15 is 0 Å². The summed E-state index contributed by atoms with van der Waals surface area (Å²) >= 11 is 6.30. The SMILES string of the molecule is Oc1cc2c(c(N3CCNCC3Cl)c1)OCCO2. The van der Waals surface area contributed by atoms with Crippen molar-refractivity contribution in [3.05, 3.63) is 12.1 Å². The fourth-order valence-corrected chi connectivity index (χ4v) is 2.59. The van der Waals surface area contributed by atoms with E-state index in [-0.39, 0.29) is 11.3 Å². The molecule has 2 N–H and O–H groups in total. The predicted molar refractivity (Wildman–Crippen MR) is 69.0 cm³/mol. The summed E-state index contributed by atoms with van der Waals surface area (Å²) in [6, 6.07) is 3.25. The lowest BCUT2D eigenvalue weighted by molar-refractivity contribution is 0.171. The molecule has 3 rings (SSSR count). The van der Waals surface area contributed by atoms with Gasteiger partial charge in [0.2, 0.25) is 0 Å². The second-order valence-electron chi connectivity index (χ2n) is 4.32. The maximum atomic E-state index is 9.77. The maximum absolute atomic E-state index is 9.77. The molecule has 0 radical (unpaired) electrons. The first kappa shape index (κ1) is 11.7. The van der Waals surface area contributed by atoms with Gasteiger partial charge in [-0.05, 0) is 0 Å². The van der Waals surface area contributed by atoms with E-state index in [0.717, 1.165) is 18.8 Å². The highest BCUT2D eigenvalue weighted by molar-refractivity contribution is 6.22. The van der Waals surface area contributed by atoms with Crippen LogP contribution in [0.1, 0.15) is 0 Å². The number of piperazine rings is 1. The van der Waals surface area contributed by atoms with E-state index < -0.39 is 0 Å². The van der Waals surface area contributed by atoms with Gasteiger partial charge in [-0.3, -0.25) is 0 Å². The van der Waals surface area contributed by atoms with Gasteiger partial charge in [-0.25, -0.2) is 0 Å². The third-order valence-corrected chi connectivity index (χ3v) is 3.49. The van der Waals surface area contributed by atoms with E-state index in [1.165, 1.54) is 0 Å². The molecule has 0 amide bonds. The summed E-state index contributed by atoms with van der Waals surface area (Å²) < 4.78 is 11.2. The van der Waals surface area contributed by atoms with Crippen molar-refractivity contribution in [2.45, 2.75) is 5.50 Å². The van der Waals surface area contributed by atoms with E-state index in [0.29, 0.717) is 31.3 Å². The van der Waals surface area contributed by atoms with E-state index in [4.69, 9.17) is 21.1 Å². The normalized spacial score (nSPS) is 22.9. The summed E-state index contributed by atoms with van der Waals surface area (Å²) in [4.78, 5) is 2.02. The zero-order valence-corrected chi connectivity index (χ0v) is 10.6. The van der Waals surface area contributed by atoms with Crippen molar-refractivity contribution >= 4 is 17.3 Å². The second kappa shape index (κ2) is 4.74. The van der Waals surface area contributed by atoms with Crippen LogP contribution < -0.4 is 19.7 Å². The first-order chi connectivity index (χ1) is 8.75. The number of halogens is 1. The van der Waals surface area contributed by atoms with Crippen molar-refractivity contribution in [2.24, 2.45) is 0 Å². The van der Waals surface area contributed by atoms with E-state index in [1.807, 2.05) is 4.90 Å². The monoisotopic (exact) mass is 270 g/mol. The first-order valence-electron chi connectivity index (χ1n) is 6.00. The van der Waals surface area contributed by atoms with Crippen molar-refractivity contribution in [2.75, 3.05) is 37.7 Å². The topological polar surface area (TPSA) is 54.0 Å². The molecule has 1 atom stereocenters. The lowest BCUT2D eigenvalue weighted by atomic mass is 10.2. The van der Waals surface area contributed by atoms with Crippen LogP contribution in [0.3, 0.4) is 0 Å². The number of phenolic OH excluding ortho intramolecular Hbond substituents is 1. The molecule has 0 saturated carbocycles. The number of ether oxygens (including phenoxy) is 2. The molecule has 18 heavy (non-hydrogen) atoms. The molecule has 1 fully saturated rings. The van der Waals surface area contributed by atoms with Gasteiger partial charge in [-0.2, -0.15) is 0 Å². The molecule has 1 unspecified atom stereocenters. The van der Waals surface area contributed by atoms with Crippen molar-refractivity contribution in [3.63, 3.8) is 0 Å². The van der Waals surface area contributed by atoms with Crippen LogP contribution in [0.25, 0.3) is 0 Å². The minimum Gasteiger partial charge on any atom is -0.508 e. The van der Waals surface area contributed by atoms with Gasteiger partial charge >= 0.3 is 0 Å². The maximum Gasteiger partial charge on any atom is 0.184 e. The minimum absolute atomic E-state index is 0.157. The predicted octanol–water partition coefficient (Wildman–Crippen LogP) is 1.14. The number of fused-ring (bicyclic) bond motifs is 1. The zero-order chi connectivity index (χ0) is 12.5. The lowest BCUT2D eigenvalue weighted by Gasteiger charge is -2.36. The van der Waals surface area contributed by atoms with Crippen LogP contribution in [0, 0.1) is 0 Å². The van der Waals surface area contributed by atoms with Gasteiger partial charge in [-0.1, -0.05) is 11.6 Å². The van der Waals surface area contributed by atoms with Crippen molar-refractivity contribution in [1.29, 1.82) is 0 Å². The Morgan fingerprint density at radius 1 is 1.33 bits per heavy atom. The molecule has 2 heterocycles. The number of alkyl halides is 1. The Bertz CT molecular complexity index is 455. The molecular formula is C12H15ClN2O3. The fourth-order valence-electron chi connectivity index (χ4n) is 2.28. The summed E-state index contributed by atoms with van der Waals surface area (Å²) in [5, 5.41) is 13.0. The van der Waals surface area contributed by atoms with Crippen molar-refractivity contribution in [1.82, 2.24) is 5.32 Å². The van der Waals surface area contributed by atoms with Crippen LogP contribution in [-0.2, 0) is 0 Å². The molecule has 98 valence electrons. The number of phenols is 1. The molecule has 0 bridgehead atoms. The fraction of sp³-hybridized carbons (Fsp3) is 0.500. The Morgan fingerprint density at radius 2 is 2.17 bits per heavy atom. The number of hydrogen-bond acceptors (Lipinski definition) is 5. The number of nitrogens with one attached hydrogen (secondary N) is 1. The van der Waals surface area contributed by atoms with Gasteiger partial charge in [0.05, 0.1) is 5.69 Å². The minimum atomic E-state index is -0.157. The quantitative estimate of drug-likeness (QED) is 0.592. The number of rotatable bonds is 1. The van der Waals surface area contributed by atoms with Gasteiger partial charge in [0.25, 0.3) is 0 Å². The molecule has 5 nitrogen and oxygen atoms in total. The zero-order valence-electron chi connectivity index (χ0n) is 9.86. The number of anilines is 1. The molecule has 0 spiro atoms. The number of aromatic hydroxyl groups is 1. The van der Waals surface area contributed by atoms with Gasteiger partial charge in [0, 0.05) is 31.8 Å². The summed E-state index contributed by atoms with van der Waals surface area (Å²) in [6.45, 7) is 3.35. The molecule has 2 aliphatic rings. The average molecular weight is 271 g/mol. The number of benzene rings is 1. The van der Waals surface area contributed by atoms with Gasteiger partial charge in [0.1, 0.15) is 24.5 Å². The van der Waals surface area contributed by atoms with Crippen LogP contribution >= 0.6 is 11.6 Å². The number of hydrogen-bond donors (Lipinski definition) is 2. The molecule has 1 aromatic rings. The Balaban J connectivity index is 2.01. The highest BCUT2D eigenvalue weighted by Gasteiger charge is 2.27. The summed E-state index contributed by atoms with van der Waals surface area (Å²) in [5.41, 5.74) is 0.640. The molecule has 0 aliphatic carbocycles. The Labute approximate surface area is 110 Å². The van der Waals surface area contributed by atoms with Crippen LogP contribution in [0.2, 0.25) is 0 Å². The van der Waals surface area contributed by atoms with Crippen molar-refractivity contribution in [3.8, 4) is 17.2 Å². The largest absolute Gasteiger partial charge is 0.508 e. The van der Waals surface area contributed by atoms with E-state index in [2.05, 4.69) is 5.32 Å². The van der Waals surface area contributed by atoms with Gasteiger partial charge in [0.15, 0.2) is 11.5 Å². The Hall–Kier alpha value is -1.33. The lowest BCUT2D eigenvalue weighted by Crippen LogP contribution is -2.48. The van der Waals surface area contributed by atoms with Crippen LogP contribution in [0.15, 0.2) is 12.1 Å². The average Bonchev–Trinajstić information content (AvgIpc) is 2.38. The molecular weight excluding hydrogens is 256 g/mol. The highest BCUT2D eigenvalue weighted by Crippen LogP contribution is 2.43. The summed E-state index contributed by atoms with van der Waals surface area (Å²) in [7, 11) is 0. The van der Waals surface area contributed by atoms with Crippen LogP contribution in [-0.4, -0.2) is 43.5 Å². The first-order valence-corrected chi connectivity index (χ1v) is 6.43. The standard InChI is InChI=1S/C12H15ClN2O3/c13-11-7-14-1-2-15(11)9-5-8(16)6-10-12(9)18-4-3-17-10/h5-6,11,14,16H,1-4,7H2. The Kier molecular flexibility index (Phi) is 3.09. The Morgan fingerprint density at radius 3 is 3.00 bits per heavy atom.